The Hall–Kier alpha value is -3.08. The number of rotatable bonds is 5. The summed E-state index contributed by atoms with van der Waals surface area (Å²) in [5.74, 6) is 2.01. The molecule has 3 heterocycles. The summed E-state index contributed by atoms with van der Waals surface area (Å²) >= 11 is 0. The summed E-state index contributed by atoms with van der Waals surface area (Å²) in [4.78, 5) is 9.19. The minimum atomic E-state index is 0.477. The first-order valence-corrected chi connectivity index (χ1v) is 11.0. The van der Waals surface area contributed by atoms with Crippen molar-refractivity contribution in [3.05, 3.63) is 71.9 Å². The molecule has 0 saturated heterocycles. The van der Waals surface area contributed by atoms with Gasteiger partial charge in [-0.2, -0.15) is 0 Å². The van der Waals surface area contributed by atoms with E-state index in [2.05, 4.69) is 63.1 Å². The lowest BCUT2D eigenvalue weighted by molar-refractivity contribution is 0.347. The van der Waals surface area contributed by atoms with Gasteiger partial charge >= 0.3 is 0 Å². The van der Waals surface area contributed by atoms with Crippen molar-refractivity contribution in [1.82, 2.24) is 24.7 Å². The van der Waals surface area contributed by atoms with E-state index in [4.69, 9.17) is 4.98 Å². The molecule has 0 bridgehead atoms. The lowest BCUT2D eigenvalue weighted by atomic mass is 9.94. The molecule has 0 amide bonds. The number of nitrogens with zero attached hydrogens (tertiary/aromatic N) is 5. The van der Waals surface area contributed by atoms with E-state index in [1.165, 1.54) is 43.1 Å². The second-order valence-corrected chi connectivity index (χ2v) is 8.29. The average Bonchev–Trinajstić information content (AvgIpc) is 3.23. The van der Waals surface area contributed by atoms with Crippen molar-refractivity contribution in [3.63, 3.8) is 0 Å². The molecule has 0 aliphatic heterocycles. The molecule has 1 aliphatic rings. The van der Waals surface area contributed by atoms with Crippen molar-refractivity contribution in [2.75, 3.05) is 0 Å². The molecule has 3 aromatic heterocycles. The fraction of sp³-hybridized carbons (Fsp3) is 0.360. The maximum absolute atomic E-state index is 4.89. The molecule has 5 rings (SSSR count). The minimum absolute atomic E-state index is 0.477. The van der Waals surface area contributed by atoms with Crippen LogP contribution in [-0.4, -0.2) is 24.7 Å². The molecular formula is C25H27N5. The van der Waals surface area contributed by atoms with Gasteiger partial charge in [0, 0.05) is 41.5 Å². The van der Waals surface area contributed by atoms with Crippen LogP contribution in [0.1, 0.15) is 55.2 Å². The molecule has 4 aromatic rings. The van der Waals surface area contributed by atoms with E-state index >= 15 is 0 Å². The molecular weight excluding hydrogens is 370 g/mol. The van der Waals surface area contributed by atoms with Gasteiger partial charge in [0.1, 0.15) is 5.82 Å². The fourth-order valence-electron chi connectivity index (χ4n) is 4.70. The summed E-state index contributed by atoms with van der Waals surface area (Å²) in [6.45, 7) is 2.17. The van der Waals surface area contributed by atoms with Gasteiger partial charge in [0.15, 0.2) is 5.82 Å². The van der Waals surface area contributed by atoms with Crippen LogP contribution in [0.2, 0.25) is 0 Å². The number of para-hydroxylation sites is 1. The minimum Gasteiger partial charge on any atom is -0.308 e. The molecule has 5 nitrogen and oxygen atoms in total. The van der Waals surface area contributed by atoms with E-state index in [1.54, 1.807) is 6.20 Å². The van der Waals surface area contributed by atoms with E-state index in [1.807, 2.05) is 12.3 Å². The van der Waals surface area contributed by atoms with Crippen LogP contribution in [0.3, 0.4) is 0 Å². The summed E-state index contributed by atoms with van der Waals surface area (Å²) in [5.41, 5.74) is 4.51. The van der Waals surface area contributed by atoms with E-state index in [-0.39, 0.29) is 0 Å². The first-order chi connectivity index (χ1) is 14.8. The number of pyridine rings is 2. The fourth-order valence-corrected chi connectivity index (χ4v) is 4.70. The first kappa shape index (κ1) is 18.9. The Labute approximate surface area is 177 Å². The highest BCUT2D eigenvalue weighted by molar-refractivity contribution is 5.82. The van der Waals surface area contributed by atoms with Gasteiger partial charge in [-0.15, -0.1) is 10.2 Å². The van der Waals surface area contributed by atoms with E-state index < -0.39 is 0 Å². The molecule has 0 spiro atoms. The van der Waals surface area contributed by atoms with Crippen LogP contribution in [0.4, 0.5) is 0 Å². The van der Waals surface area contributed by atoms with Gasteiger partial charge in [0.2, 0.25) is 0 Å². The SMILES string of the molecule is Cc1cc(CCc2nnc(-c3cccnc3)n2C2CCCCC2)nc2ccccc12. The topological polar surface area (TPSA) is 56.5 Å². The van der Waals surface area contributed by atoms with Crippen LogP contribution in [-0.2, 0) is 12.8 Å². The van der Waals surface area contributed by atoms with E-state index in [0.717, 1.165) is 41.3 Å². The molecule has 1 fully saturated rings. The highest BCUT2D eigenvalue weighted by Gasteiger charge is 2.23. The van der Waals surface area contributed by atoms with Crippen LogP contribution < -0.4 is 0 Å². The van der Waals surface area contributed by atoms with Gasteiger partial charge in [-0.3, -0.25) is 9.97 Å². The predicted octanol–water partition coefficient (Wildman–Crippen LogP) is 5.49. The Morgan fingerprint density at radius 2 is 1.83 bits per heavy atom. The number of aromatic nitrogens is 5. The van der Waals surface area contributed by atoms with Gasteiger partial charge in [-0.1, -0.05) is 37.5 Å². The Morgan fingerprint density at radius 1 is 0.967 bits per heavy atom. The Bertz CT molecular complexity index is 1140. The highest BCUT2D eigenvalue weighted by Crippen LogP contribution is 2.33. The summed E-state index contributed by atoms with van der Waals surface area (Å²) in [6, 6.07) is 15.1. The van der Waals surface area contributed by atoms with Gasteiger partial charge in [-0.25, -0.2) is 0 Å². The maximum Gasteiger partial charge on any atom is 0.165 e. The molecule has 0 atom stereocenters. The lowest BCUT2D eigenvalue weighted by Gasteiger charge is -2.26. The van der Waals surface area contributed by atoms with E-state index in [9.17, 15) is 0 Å². The second-order valence-electron chi connectivity index (χ2n) is 8.29. The second kappa shape index (κ2) is 8.34. The predicted molar refractivity (Wildman–Crippen MR) is 119 cm³/mol. The molecule has 0 N–H and O–H groups in total. The zero-order valence-corrected chi connectivity index (χ0v) is 17.5. The molecule has 0 unspecified atom stereocenters. The van der Waals surface area contributed by atoms with Gasteiger partial charge < -0.3 is 4.57 Å². The lowest BCUT2D eigenvalue weighted by Crippen LogP contribution is -2.17. The molecule has 1 aromatic carbocycles. The summed E-state index contributed by atoms with van der Waals surface area (Å²) < 4.78 is 2.39. The molecule has 1 aliphatic carbocycles. The quantitative estimate of drug-likeness (QED) is 0.447. The van der Waals surface area contributed by atoms with Crippen LogP contribution in [0.15, 0.2) is 54.9 Å². The Kier molecular flexibility index (Phi) is 5.26. The van der Waals surface area contributed by atoms with Crippen molar-refractivity contribution in [2.45, 2.75) is 57.9 Å². The molecule has 5 heteroatoms. The summed E-state index contributed by atoms with van der Waals surface area (Å²) in [5, 5.41) is 10.4. The van der Waals surface area contributed by atoms with Gasteiger partial charge in [0.25, 0.3) is 0 Å². The zero-order chi connectivity index (χ0) is 20.3. The van der Waals surface area contributed by atoms with Crippen LogP contribution in [0.25, 0.3) is 22.3 Å². The van der Waals surface area contributed by atoms with Crippen molar-refractivity contribution >= 4 is 10.9 Å². The number of benzene rings is 1. The normalized spacial score (nSPS) is 15.0. The third-order valence-corrected chi connectivity index (χ3v) is 6.21. The molecule has 152 valence electrons. The number of hydrogen-bond acceptors (Lipinski definition) is 4. The molecule has 30 heavy (non-hydrogen) atoms. The Morgan fingerprint density at radius 3 is 2.67 bits per heavy atom. The van der Waals surface area contributed by atoms with Crippen LogP contribution >= 0.6 is 0 Å². The first-order valence-electron chi connectivity index (χ1n) is 11.0. The van der Waals surface area contributed by atoms with Crippen molar-refractivity contribution in [2.24, 2.45) is 0 Å². The summed E-state index contributed by atoms with van der Waals surface area (Å²) in [7, 11) is 0. The summed E-state index contributed by atoms with van der Waals surface area (Å²) in [6.07, 6.45) is 11.7. The van der Waals surface area contributed by atoms with Crippen molar-refractivity contribution in [1.29, 1.82) is 0 Å². The van der Waals surface area contributed by atoms with Crippen LogP contribution in [0, 0.1) is 6.92 Å². The van der Waals surface area contributed by atoms with Crippen molar-refractivity contribution < 1.29 is 0 Å². The van der Waals surface area contributed by atoms with E-state index in [0.29, 0.717) is 6.04 Å². The number of fused-ring (bicyclic) bond motifs is 1. The largest absolute Gasteiger partial charge is 0.308 e. The Balaban J connectivity index is 1.46. The van der Waals surface area contributed by atoms with Gasteiger partial charge in [-0.05, 0) is 56.0 Å². The smallest absolute Gasteiger partial charge is 0.165 e. The monoisotopic (exact) mass is 397 g/mol. The van der Waals surface area contributed by atoms with Crippen molar-refractivity contribution in [3.8, 4) is 11.4 Å². The van der Waals surface area contributed by atoms with Gasteiger partial charge in [0.05, 0.1) is 5.52 Å². The number of hydrogen-bond donors (Lipinski definition) is 0. The highest BCUT2D eigenvalue weighted by atomic mass is 15.3. The standard InChI is InChI=1S/C25H27N5/c1-18-16-20(27-23-12-6-5-11-22(18)23)13-14-24-28-29-25(19-8-7-15-26-17-19)30(24)21-9-3-2-4-10-21/h5-8,11-12,15-17,21H,2-4,9-10,13-14H2,1H3. The molecule has 0 radical (unpaired) electrons. The third-order valence-electron chi connectivity index (χ3n) is 6.21. The zero-order valence-electron chi connectivity index (χ0n) is 17.5. The maximum atomic E-state index is 4.89. The third kappa shape index (κ3) is 3.72. The molecule has 1 saturated carbocycles. The van der Waals surface area contributed by atoms with Crippen LogP contribution in [0.5, 0.6) is 0 Å². The average molecular weight is 398 g/mol. The number of aryl methyl sites for hydroxylation is 3.